The van der Waals surface area contributed by atoms with Crippen molar-refractivity contribution in [1.82, 2.24) is 0 Å². The monoisotopic (exact) mass is 242 g/mol. The van der Waals surface area contributed by atoms with Crippen LogP contribution in [0.15, 0.2) is 0 Å². The number of aliphatic hydroxyl groups excluding tert-OH is 3. The summed E-state index contributed by atoms with van der Waals surface area (Å²) in [4.78, 5) is 9.01. The van der Waals surface area contributed by atoms with Gasteiger partial charge in [-0.15, -0.1) is 0 Å². The molecule has 7 nitrogen and oxygen atoms in total. The van der Waals surface area contributed by atoms with Crippen LogP contribution in [0, 0.1) is 0 Å². The summed E-state index contributed by atoms with van der Waals surface area (Å²) in [6.07, 6.45) is -3.64. The van der Waals surface area contributed by atoms with Crippen LogP contribution >= 0.6 is 7.60 Å². The molecular formula is C7H15O7P. The zero-order valence-electron chi connectivity index (χ0n) is 8.40. The molecule has 5 atom stereocenters. The van der Waals surface area contributed by atoms with E-state index < -0.39 is 38.3 Å². The number of hydrogen-bond acceptors (Lipinski definition) is 6. The number of hydrogen-bond donors (Lipinski definition) is 4. The van der Waals surface area contributed by atoms with Gasteiger partial charge in [0.05, 0.1) is 6.10 Å². The molecule has 1 aliphatic rings. The van der Waals surface area contributed by atoms with E-state index in [9.17, 15) is 14.8 Å². The van der Waals surface area contributed by atoms with E-state index in [0.29, 0.717) is 0 Å². The van der Waals surface area contributed by atoms with Crippen LogP contribution in [0.2, 0.25) is 0 Å². The Balaban J connectivity index is 2.91. The van der Waals surface area contributed by atoms with Crippen LogP contribution in [0.3, 0.4) is 0 Å². The summed E-state index contributed by atoms with van der Waals surface area (Å²) in [5, 5.41) is 28.0. The van der Waals surface area contributed by atoms with Gasteiger partial charge in [0.25, 0.3) is 0 Å². The predicted octanol–water partition coefficient (Wildman–Crippen LogP) is -1.35. The van der Waals surface area contributed by atoms with Gasteiger partial charge in [0, 0.05) is 6.66 Å². The molecule has 0 radical (unpaired) electrons. The minimum atomic E-state index is -3.94. The summed E-state index contributed by atoms with van der Waals surface area (Å²) in [6, 6.07) is 0. The van der Waals surface area contributed by atoms with Gasteiger partial charge < -0.3 is 24.9 Å². The Morgan fingerprint density at radius 2 is 2.07 bits per heavy atom. The first-order valence-electron chi connectivity index (χ1n) is 4.38. The molecule has 0 amide bonds. The summed E-state index contributed by atoms with van der Waals surface area (Å²) < 4.78 is 20.7. The van der Waals surface area contributed by atoms with Gasteiger partial charge in [-0.1, -0.05) is 0 Å². The summed E-state index contributed by atoms with van der Waals surface area (Å²) in [5.41, 5.74) is 0. The van der Waals surface area contributed by atoms with Gasteiger partial charge in [0.1, 0.15) is 18.8 Å². The molecule has 0 aromatic heterocycles. The van der Waals surface area contributed by atoms with Crippen molar-refractivity contribution >= 4 is 7.60 Å². The van der Waals surface area contributed by atoms with E-state index in [2.05, 4.69) is 4.52 Å². The minimum absolute atomic E-state index is 0.793. The van der Waals surface area contributed by atoms with E-state index in [0.717, 1.165) is 6.66 Å². The highest BCUT2D eigenvalue weighted by atomic mass is 31.2. The molecule has 1 saturated heterocycles. The molecule has 0 aliphatic carbocycles. The van der Waals surface area contributed by atoms with Crippen LogP contribution in [-0.2, 0) is 13.8 Å². The highest BCUT2D eigenvalue weighted by Crippen LogP contribution is 2.46. The highest BCUT2D eigenvalue weighted by Gasteiger charge is 2.55. The van der Waals surface area contributed by atoms with E-state index in [1.807, 2.05) is 0 Å². The smallest absolute Gasteiger partial charge is 0.327 e. The SMILES string of the molecule is C[C@H]1O[C@@](CO)(OP(C)(=O)O)[C@@H](O)[C@@H]1O. The van der Waals surface area contributed by atoms with Crippen molar-refractivity contribution in [2.24, 2.45) is 0 Å². The average Bonchev–Trinajstić information content (AvgIpc) is 2.29. The Morgan fingerprint density at radius 1 is 1.53 bits per heavy atom. The second-order valence-corrected chi connectivity index (χ2v) is 5.41. The van der Waals surface area contributed by atoms with Gasteiger partial charge >= 0.3 is 7.60 Å². The topological polar surface area (TPSA) is 116 Å². The van der Waals surface area contributed by atoms with Gasteiger partial charge in [0.2, 0.25) is 5.79 Å². The van der Waals surface area contributed by atoms with Gasteiger partial charge in [-0.3, -0.25) is 9.09 Å². The normalized spacial score (nSPS) is 45.3. The molecule has 0 aromatic rings. The second kappa shape index (κ2) is 4.10. The van der Waals surface area contributed by atoms with Crippen LogP contribution in [-0.4, -0.2) is 57.6 Å². The molecule has 90 valence electrons. The molecule has 0 saturated carbocycles. The lowest BCUT2D eigenvalue weighted by molar-refractivity contribution is -0.228. The first kappa shape index (κ1) is 13.1. The molecule has 0 aromatic carbocycles. The van der Waals surface area contributed by atoms with Gasteiger partial charge in [-0.25, -0.2) is 0 Å². The fourth-order valence-electron chi connectivity index (χ4n) is 1.49. The maximum Gasteiger partial charge on any atom is 0.327 e. The fraction of sp³-hybridized carbons (Fsp3) is 1.00. The third-order valence-electron chi connectivity index (χ3n) is 2.18. The van der Waals surface area contributed by atoms with Crippen LogP contribution in [0.5, 0.6) is 0 Å². The van der Waals surface area contributed by atoms with Crippen molar-refractivity contribution in [3.05, 3.63) is 0 Å². The van der Waals surface area contributed by atoms with Crippen LogP contribution in [0.25, 0.3) is 0 Å². The molecule has 8 heteroatoms. The van der Waals surface area contributed by atoms with Crippen molar-refractivity contribution in [1.29, 1.82) is 0 Å². The molecule has 1 aliphatic heterocycles. The molecular weight excluding hydrogens is 227 g/mol. The third kappa shape index (κ3) is 2.57. The van der Waals surface area contributed by atoms with Gasteiger partial charge in [-0.05, 0) is 6.92 Å². The fourth-order valence-corrected chi connectivity index (χ4v) is 2.28. The Hall–Kier alpha value is -0.0100. The molecule has 1 unspecified atom stereocenters. The zero-order valence-corrected chi connectivity index (χ0v) is 9.29. The molecule has 0 spiro atoms. The Labute approximate surface area is 86.8 Å². The first-order chi connectivity index (χ1) is 6.72. The molecule has 15 heavy (non-hydrogen) atoms. The number of ether oxygens (including phenoxy) is 1. The molecule has 1 rings (SSSR count). The van der Waals surface area contributed by atoms with Crippen LogP contribution < -0.4 is 0 Å². The summed E-state index contributed by atoms with van der Waals surface area (Å²) in [5.74, 6) is -2.03. The maximum atomic E-state index is 11.0. The largest absolute Gasteiger partial charge is 0.391 e. The van der Waals surface area contributed by atoms with E-state index in [-0.39, 0.29) is 0 Å². The lowest BCUT2D eigenvalue weighted by Gasteiger charge is -2.30. The lowest BCUT2D eigenvalue weighted by atomic mass is 10.1. The Kier molecular flexibility index (Phi) is 3.57. The summed E-state index contributed by atoms with van der Waals surface area (Å²) in [6.45, 7) is 1.52. The van der Waals surface area contributed by atoms with E-state index in [1.54, 1.807) is 0 Å². The summed E-state index contributed by atoms with van der Waals surface area (Å²) in [7, 11) is -3.94. The number of rotatable bonds is 3. The predicted molar refractivity (Wildman–Crippen MR) is 49.2 cm³/mol. The standard InChI is InChI=1S/C7H15O7P/c1-4-5(9)6(10)7(3-8,13-4)14-15(2,11)12/h4-6,8-10H,3H2,1-2H3,(H,11,12)/t4-,5-,6+,7+/m1/s1. The average molecular weight is 242 g/mol. The van der Waals surface area contributed by atoms with Crippen molar-refractivity contribution in [2.45, 2.75) is 31.0 Å². The van der Waals surface area contributed by atoms with E-state index >= 15 is 0 Å². The second-order valence-electron chi connectivity index (χ2n) is 3.62. The quantitative estimate of drug-likeness (QED) is 0.452. The zero-order chi connectivity index (χ0) is 11.9. The molecule has 4 N–H and O–H groups in total. The summed E-state index contributed by atoms with van der Waals surface area (Å²) >= 11 is 0. The minimum Gasteiger partial charge on any atom is -0.391 e. The van der Waals surface area contributed by atoms with Crippen molar-refractivity contribution in [3.8, 4) is 0 Å². The van der Waals surface area contributed by atoms with E-state index in [4.69, 9.17) is 14.7 Å². The van der Waals surface area contributed by atoms with Crippen LogP contribution in [0.4, 0.5) is 0 Å². The molecule has 1 fully saturated rings. The van der Waals surface area contributed by atoms with Crippen molar-refractivity contribution < 1.29 is 34.0 Å². The third-order valence-corrected chi connectivity index (χ3v) is 2.83. The first-order valence-corrected chi connectivity index (χ1v) is 6.40. The van der Waals surface area contributed by atoms with Crippen LogP contribution in [0.1, 0.15) is 6.92 Å². The van der Waals surface area contributed by atoms with E-state index in [1.165, 1.54) is 6.92 Å². The Morgan fingerprint density at radius 3 is 2.33 bits per heavy atom. The maximum absolute atomic E-state index is 11.0. The molecule has 1 heterocycles. The van der Waals surface area contributed by atoms with Crippen molar-refractivity contribution in [3.63, 3.8) is 0 Å². The molecule has 0 bridgehead atoms. The highest BCUT2D eigenvalue weighted by molar-refractivity contribution is 7.51. The Bertz CT molecular complexity index is 277. The van der Waals surface area contributed by atoms with Crippen molar-refractivity contribution in [2.75, 3.05) is 13.3 Å². The lowest BCUT2D eigenvalue weighted by Crippen LogP contribution is -2.47. The number of aliphatic hydroxyl groups is 3. The van der Waals surface area contributed by atoms with Gasteiger partial charge in [-0.2, -0.15) is 0 Å². The van der Waals surface area contributed by atoms with Gasteiger partial charge in [0.15, 0.2) is 0 Å².